The van der Waals surface area contributed by atoms with Crippen LogP contribution in [0.2, 0.25) is 5.02 Å². The number of pyridine rings is 2. The molecule has 4 aromatic heterocycles. The van der Waals surface area contributed by atoms with Crippen molar-refractivity contribution in [1.29, 1.82) is 0 Å². The number of aryl methyl sites for hydroxylation is 2. The maximum Gasteiger partial charge on any atom is 0.278 e. The molecule has 236 valence electrons. The van der Waals surface area contributed by atoms with Crippen LogP contribution < -0.4 is 11.1 Å². The van der Waals surface area contributed by atoms with Gasteiger partial charge in [-0.15, -0.1) is 0 Å². The number of methoxy groups -OCH3 is 2. The third-order valence-electron chi connectivity index (χ3n) is 7.33. The van der Waals surface area contributed by atoms with Gasteiger partial charge in [0.25, 0.3) is 11.1 Å². The fraction of sp³-hybridized carbons (Fsp3) is 0.235. The molecule has 0 aliphatic carbocycles. The smallest absolute Gasteiger partial charge is 0.278 e. The lowest BCUT2D eigenvalue weighted by Crippen LogP contribution is -2.26. The van der Waals surface area contributed by atoms with Crippen LogP contribution in [0.25, 0.3) is 44.8 Å². The van der Waals surface area contributed by atoms with Crippen molar-refractivity contribution < 1.29 is 13.9 Å². The second-order valence-electron chi connectivity index (χ2n) is 10.4. The summed E-state index contributed by atoms with van der Waals surface area (Å²) in [5.41, 5.74) is 5.57. The Labute approximate surface area is 269 Å². The largest absolute Gasteiger partial charge is 0.383 e. The van der Waals surface area contributed by atoms with Crippen molar-refractivity contribution in [3.8, 4) is 22.5 Å². The molecule has 0 amide bonds. The first-order chi connectivity index (χ1) is 22.2. The first-order valence-corrected chi connectivity index (χ1v) is 14.8. The van der Waals surface area contributed by atoms with Crippen LogP contribution in [0.3, 0.4) is 0 Å². The van der Waals surface area contributed by atoms with Crippen molar-refractivity contribution in [2.75, 3.05) is 27.4 Å². The Morgan fingerprint density at radius 3 is 1.65 bits per heavy atom. The number of ether oxygens (including phenoxy) is 2. The maximum absolute atomic E-state index is 13.3. The highest BCUT2D eigenvalue weighted by atomic mass is 35.5. The molecule has 6 rings (SSSR count). The molecular formula is C34H32ClFN6O4. The predicted molar refractivity (Wildman–Crippen MR) is 177 cm³/mol. The lowest BCUT2D eigenvalue weighted by Gasteiger charge is -2.12. The van der Waals surface area contributed by atoms with Gasteiger partial charge in [0.1, 0.15) is 28.2 Å². The fourth-order valence-corrected chi connectivity index (χ4v) is 5.30. The Bertz CT molecular complexity index is 2000. The molecule has 0 fully saturated rings. The topological polar surface area (TPSA) is 114 Å². The third kappa shape index (κ3) is 6.86. The number of fused-ring (bicyclic) bond motifs is 2. The summed E-state index contributed by atoms with van der Waals surface area (Å²) in [6.07, 6.45) is 3.27. The Balaban J connectivity index is 0.000000181. The number of nitrogens with zero attached hydrogens (tertiary/aromatic N) is 6. The number of aromatic nitrogens is 6. The van der Waals surface area contributed by atoms with Gasteiger partial charge in [0, 0.05) is 42.8 Å². The molecular weight excluding hydrogens is 611 g/mol. The predicted octanol–water partition coefficient (Wildman–Crippen LogP) is 5.62. The van der Waals surface area contributed by atoms with Crippen molar-refractivity contribution in [3.63, 3.8) is 0 Å². The van der Waals surface area contributed by atoms with E-state index in [0.29, 0.717) is 76.2 Å². The number of halogens is 2. The summed E-state index contributed by atoms with van der Waals surface area (Å²) in [4.78, 5) is 43.2. The van der Waals surface area contributed by atoms with E-state index < -0.39 is 0 Å². The minimum Gasteiger partial charge on any atom is -0.383 e. The van der Waals surface area contributed by atoms with Crippen LogP contribution in [0.15, 0.2) is 82.6 Å². The molecule has 6 aromatic rings. The lowest BCUT2D eigenvalue weighted by atomic mass is 10.1. The van der Waals surface area contributed by atoms with Gasteiger partial charge in [0.15, 0.2) is 11.3 Å². The molecule has 0 saturated carbocycles. The van der Waals surface area contributed by atoms with Crippen LogP contribution in [0.4, 0.5) is 4.39 Å². The average Bonchev–Trinajstić information content (AvgIpc) is 3.04. The summed E-state index contributed by atoms with van der Waals surface area (Å²) in [5.74, 6) is -0.339. The van der Waals surface area contributed by atoms with Gasteiger partial charge < -0.3 is 9.47 Å². The molecule has 0 aliphatic heterocycles. The van der Waals surface area contributed by atoms with Gasteiger partial charge in [-0.3, -0.25) is 18.7 Å². The molecule has 46 heavy (non-hydrogen) atoms. The molecule has 10 nitrogen and oxygen atoms in total. The van der Waals surface area contributed by atoms with E-state index in [1.807, 2.05) is 25.1 Å². The third-order valence-corrected chi connectivity index (χ3v) is 7.56. The zero-order valence-corrected chi connectivity index (χ0v) is 26.6. The molecule has 0 N–H and O–H groups in total. The Kier molecular flexibility index (Phi) is 10.3. The van der Waals surface area contributed by atoms with E-state index in [9.17, 15) is 14.0 Å². The highest BCUT2D eigenvalue weighted by Gasteiger charge is 2.17. The molecule has 0 atom stereocenters. The minimum absolute atomic E-state index is 0.182. The zero-order valence-electron chi connectivity index (χ0n) is 25.8. The van der Waals surface area contributed by atoms with Crippen LogP contribution in [0.1, 0.15) is 11.1 Å². The van der Waals surface area contributed by atoms with Crippen LogP contribution in [-0.4, -0.2) is 56.5 Å². The van der Waals surface area contributed by atoms with E-state index >= 15 is 0 Å². The van der Waals surface area contributed by atoms with Gasteiger partial charge in [-0.2, -0.15) is 0 Å². The molecule has 2 aromatic carbocycles. The van der Waals surface area contributed by atoms with Gasteiger partial charge >= 0.3 is 0 Å². The number of hydrogen-bond donors (Lipinski definition) is 0. The Morgan fingerprint density at radius 2 is 1.20 bits per heavy atom. The van der Waals surface area contributed by atoms with Crippen LogP contribution >= 0.6 is 11.6 Å². The van der Waals surface area contributed by atoms with Gasteiger partial charge in [-0.1, -0.05) is 17.7 Å². The van der Waals surface area contributed by atoms with Crippen molar-refractivity contribution in [2.45, 2.75) is 26.9 Å². The van der Waals surface area contributed by atoms with E-state index in [-0.39, 0.29) is 16.9 Å². The fourth-order valence-electron chi connectivity index (χ4n) is 5.07. The average molecular weight is 643 g/mol. The van der Waals surface area contributed by atoms with E-state index in [1.165, 1.54) is 12.1 Å². The van der Waals surface area contributed by atoms with Crippen LogP contribution in [0.5, 0.6) is 0 Å². The van der Waals surface area contributed by atoms with Gasteiger partial charge in [-0.05, 0) is 79.6 Å². The SMILES string of the molecule is COCCn1c(=O)c(-c2ccc(Cl)cc2C)nc2cccnc21.COCCn1c(=O)c(-c2ccc(F)cc2C)nc2cccnc21. The van der Waals surface area contributed by atoms with Gasteiger partial charge in [-0.25, -0.2) is 24.3 Å². The second-order valence-corrected chi connectivity index (χ2v) is 10.9. The summed E-state index contributed by atoms with van der Waals surface area (Å²) in [6.45, 7) is 5.28. The first-order valence-electron chi connectivity index (χ1n) is 14.5. The van der Waals surface area contributed by atoms with Gasteiger partial charge in [0.2, 0.25) is 0 Å². The summed E-state index contributed by atoms with van der Waals surface area (Å²) in [6, 6.07) is 16.9. The quantitative estimate of drug-likeness (QED) is 0.210. The molecule has 12 heteroatoms. The van der Waals surface area contributed by atoms with E-state index in [0.717, 1.165) is 11.1 Å². The van der Waals surface area contributed by atoms with Crippen molar-refractivity contribution >= 4 is 33.9 Å². The zero-order chi connectivity index (χ0) is 32.8. The van der Waals surface area contributed by atoms with Gasteiger partial charge in [0.05, 0.1) is 26.3 Å². The molecule has 0 radical (unpaired) electrons. The molecule has 0 spiro atoms. The Hall–Kier alpha value is -4.84. The normalized spacial score (nSPS) is 11.1. The monoisotopic (exact) mass is 642 g/mol. The first kappa shape index (κ1) is 32.6. The van der Waals surface area contributed by atoms with E-state index in [1.54, 1.807) is 73.0 Å². The molecule has 0 bridgehead atoms. The summed E-state index contributed by atoms with van der Waals surface area (Å²) in [5, 5.41) is 0.633. The lowest BCUT2D eigenvalue weighted by molar-refractivity contribution is 0.187. The standard InChI is InChI=1S/C17H16ClN3O2.C17H16FN3O2/c2*1-11-10-12(18)5-6-13(11)15-17(22)21(8-9-23-2)16-14(20-15)4-3-7-19-16/h2*3-7,10H,8-9H2,1-2H3. The summed E-state index contributed by atoms with van der Waals surface area (Å²) >= 11 is 6.01. The molecule has 0 aliphatic rings. The highest BCUT2D eigenvalue weighted by molar-refractivity contribution is 6.30. The van der Waals surface area contributed by atoms with Crippen LogP contribution in [-0.2, 0) is 22.6 Å². The number of benzene rings is 2. The molecule has 0 saturated heterocycles. The number of hydrogen-bond acceptors (Lipinski definition) is 8. The summed E-state index contributed by atoms with van der Waals surface area (Å²) in [7, 11) is 3.18. The van der Waals surface area contributed by atoms with Crippen molar-refractivity contribution in [1.82, 2.24) is 29.1 Å². The second kappa shape index (κ2) is 14.5. The molecule has 0 unspecified atom stereocenters. The summed E-state index contributed by atoms with van der Waals surface area (Å²) < 4.78 is 26.7. The van der Waals surface area contributed by atoms with Crippen LogP contribution in [0, 0.1) is 19.7 Å². The van der Waals surface area contributed by atoms with E-state index in [2.05, 4.69) is 19.9 Å². The van der Waals surface area contributed by atoms with Crippen molar-refractivity contribution in [3.05, 3.63) is 116 Å². The number of rotatable bonds is 8. The Morgan fingerprint density at radius 1 is 0.717 bits per heavy atom. The van der Waals surface area contributed by atoms with Crippen molar-refractivity contribution in [2.24, 2.45) is 0 Å². The minimum atomic E-state index is -0.339. The molecule has 4 heterocycles. The maximum atomic E-state index is 13.3. The van der Waals surface area contributed by atoms with E-state index in [4.69, 9.17) is 21.1 Å². The highest BCUT2D eigenvalue weighted by Crippen LogP contribution is 2.24.